The third kappa shape index (κ3) is 8.55. The van der Waals surface area contributed by atoms with Crippen molar-refractivity contribution in [2.45, 2.75) is 46.7 Å². The summed E-state index contributed by atoms with van der Waals surface area (Å²) in [4.78, 5) is 45.8. The lowest BCUT2D eigenvalue weighted by Gasteiger charge is -2.13. The minimum absolute atomic E-state index is 0.0406. The Bertz CT molecular complexity index is 1760. The topological polar surface area (TPSA) is 140 Å². The van der Waals surface area contributed by atoms with Gasteiger partial charge < -0.3 is 31.6 Å². The van der Waals surface area contributed by atoms with E-state index in [9.17, 15) is 27.6 Å². The third-order valence-corrected chi connectivity index (χ3v) is 7.57. The molecule has 0 saturated heterocycles. The van der Waals surface area contributed by atoms with E-state index in [-0.39, 0.29) is 28.8 Å². The number of carbonyl (C=O) groups excluding carboxylic acids is 3. The molecule has 0 radical (unpaired) electrons. The molecular weight excluding hydrogens is 611 g/mol. The number of hydrogen-bond acceptors (Lipinski definition) is 6. The molecule has 0 fully saturated rings. The van der Waals surface area contributed by atoms with Gasteiger partial charge in [-0.2, -0.15) is 13.2 Å². The molecule has 3 aromatic rings. The quantitative estimate of drug-likeness (QED) is 0.0714. The number of carbonyl (C=O) groups is 3. The highest BCUT2D eigenvalue weighted by molar-refractivity contribution is 6.35. The summed E-state index contributed by atoms with van der Waals surface area (Å²) >= 11 is 0. The molecule has 0 bridgehead atoms. The fraction of sp³-hybridized carbons (Fsp3) is 0.294. The SMILES string of the molecule is C=N/C(C)=C\Nc1cc(C(=O)Nc2ccc3c(c2)NC(=O)/C3=C\c2[nH]c(C)c(C(=O)NCCNCCCC)c2C)cc(C(F)(F)F)c1. The number of amides is 3. The number of unbranched alkanes of at least 4 members (excludes halogenated alkanes) is 1. The second-order valence-corrected chi connectivity index (χ2v) is 11.1. The number of allylic oxidation sites excluding steroid dienone is 1. The highest BCUT2D eigenvalue weighted by atomic mass is 19.4. The normalized spacial score (nSPS) is 13.7. The summed E-state index contributed by atoms with van der Waals surface area (Å²) in [6, 6.07) is 7.65. The van der Waals surface area contributed by atoms with Crippen molar-refractivity contribution in [1.29, 1.82) is 0 Å². The van der Waals surface area contributed by atoms with Gasteiger partial charge in [-0.3, -0.25) is 19.4 Å². The zero-order valence-corrected chi connectivity index (χ0v) is 26.7. The van der Waals surface area contributed by atoms with Crippen molar-refractivity contribution in [3.63, 3.8) is 0 Å². The van der Waals surface area contributed by atoms with Crippen LogP contribution in [0.2, 0.25) is 0 Å². The van der Waals surface area contributed by atoms with E-state index >= 15 is 0 Å². The smallest absolute Gasteiger partial charge is 0.360 e. The number of anilines is 3. The lowest BCUT2D eigenvalue weighted by Crippen LogP contribution is -2.32. The number of nitrogens with zero attached hydrogens (tertiary/aromatic N) is 1. The molecule has 0 unspecified atom stereocenters. The highest BCUT2D eigenvalue weighted by Gasteiger charge is 2.32. The van der Waals surface area contributed by atoms with E-state index in [1.807, 2.05) is 0 Å². The number of halogens is 3. The molecule has 47 heavy (non-hydrogen) atoms. The van der Waals surface area contributed by atoms with E-state index in [0.717, 1.165) is 31.5 Å². The molecule has 2 heterocycles. The molecule has 0 saturated carbocycles. The molecule has 10 nitrogen and oxygen atoms in total. The van der Waals surface area contributed by atoms with Crippen LogP contribution in [0.1, 0.15) is 75.5 Å². The minimum atomic E-state index is -4.69. The van der Waals surface area contributed by atoms with Gasteiger partial charge in [0.1, 0.15) is 0 Å². The Hall–Kier alpha value is -5.17. The molecule has 248 valence electrons. The summed E-state index contributed by atoms with van der Waals surface area (Å²) in [6.07, 6.45) is 0.517. The summed E-state index contributed by atoms with van der Waals surface area (Å²) in [6.45, 7) is 12.7. The van der Waals surface area contributed by atoms with Crippen molar-refractivity contribution < 1.29 is 27.6 Å². The minimum Gasteiger partial charge on any atom is -0.360 e. The molecule has 13 heteroatoms. The predicted octanol–water partition coefficient (Wildman–Crippen LogP) is 6.49. The van der Waals surface area contributed by atoms with E-state index in [4.69, 9.17) is 0 Å². The Morgan fingerprint density at radius 3 is 2.49 bits per heavy atom. The molecule has 4 rings (SSSR count). The number of rotatable bonds is 13. The highest BCUT2D eigenvalue weighted by Crippen LogP contribution is 2.36. The lowest BCUT2D eigenvalue weighted by atomic mass is 10.0. The monoisotopic (exact) mass is 649 g/mol. The molecule has 1 aliphatic rings. The Labute approximate surface area is 271 Å². The summed E-state index contributed by atoms with van der Waals surface area (Å²) in [5.41, 5.74) is 3.32. The van der Waals surface area contributed by atoms with Crippen LogP contribution in [0.4, 0.5) is 30.2 Å². The van der Waals surface area contributed by atoms with Crippen LogP contribution in [0.3, 0.4) is 0 Å². The van der Waals surface area contributed by atoms with Gasteiger partial charge in [0.05, 0.1) is 28.1 Å². The fourth-order valence-electron chi connectivity index (χ4n) is 5.04. The molecule has 0 aliphatic carbocycles. The van der Waals surface area contributed by atoms with Gasteiger partial charge in [-0.05, 0) is 82.4 Å². The van der Waals surface area contributed by atoms with Gasteiger partial charge in [0, 0.05) is 53.2 Å². The first-order chi connectivity index (χ1) is 22.3. The maximum atomic E-state index is 13.6. The number of alkyl halides is 3. The zero-order chi connectivity index (χ0) is 34.3. The second-order valence-electron chi connectivity index (χ2n) is 11.1. The van der Waals surface area contributed by atoms with Crippen molar-refractivity contribution in [3.05, 3.63) is 87.5 Å². The van der Waals surface area contributed by atoms with Crippen molar-refractivity contribution >= 4 is 53.2 Å². The third-order valence-electron chi connectivity index (χ3n) is 7.57. The van der Waals surface area contributed by atoms with Gasteiger partial charge in [-0.15, -0.1) is 0 Å². The summed E-state index contributed by atoms with van der Waals surface area (Å²) < 4.78 is 40.8. The first-order valence-corrected chi connectivity index (χ1v) is 15.1. The zero-order valence-electron chi connectivity index (χ0n) is 26.7. The van der Waals surface area contributed by atoms with E-state index in [1.165, 1.54) is 18.3 Å². The van der Waals surface area contributed by atoms with E-state index in [2.05, 4.69) is 50.2 Å². The second kappa shape index (κ2) is 14.9. The van der Waals surface area contributed by atoms with E-state index < -0.39 is 17.6 Å². The molecule has 0 spiro atoms. The van der Waals surface area contributed by atoms with Crippen LogP contribution >= 0.6 is 0 Å². The molecule has 1 aromatic heterocycles. The summed E-state index contributed by atoms with van der Waals surface area (Å²) in [7, 11) is 0. The van der Waals surface area contributed by atoms with Crippen molar-refractivity contribution in [2.75, 3.05) is 35.6 Å². The number of hydrogen-bond donors (Lipinski definition) is 6. The number of aliphatic imine (C=N–C) groups is 1. The van der Waals surface area contributed by atoms with Crippen LogP contribution in [0.5, 0.6) is 0 Å². The average molecular weight is 650 g/mol. The maximum Gasteiger partial charge on any atom is 0.416 e. The molecule has 2 aromatic carbocycles. The number of benzene rings is 2. The fourth-order valence-corrected chi connectivity index (χ4v) is 5.04. The molecule has 6 N–H and O–H groups in total. The number of aromatic amines is 1. The maximum absolute atomic E-state index is 13.6. The summed E-state index contributed by atoms with van der Waals surface area (Å²) in [5.74, 6) is -1.37. The number of fused-ring (bicyclic) bond motifs is 1. The van der Waals surface area contributed by atoms with Crippen molar-refractivity contribution in [1.82, 2.24) is 15.6 Å². The van der Waals surface area contributed by atoms with Gasteiger partial charge in [0.2, 0.25) is 0 Å². The Kier molecular flexibility index (Phi) is 11.0. The van der Waals surface area contributed by atoms with Gasteiger partial charge in [0.25, 0.3) is 17.7 Å². The first kappa shape index (κ1) is 34.7. The number of nitrogens with one attached hydrogen (secondary N) is 6. The van der Waals surface area contributed by atoms with Gasteiger partial charge in [0.15, 0.2) is 0 Å². The van der Waals surface area contributed by atoms with E-state index in [0.29, 0.717) is 58.1 Å². The first-order valence-electron chi connectivity index (χ1n) is 15.1. The van der Waals surface area contributed by atoms with Gasteiger partial charge in [-0.1, -0.05) is 19.4 Å². The van der Waals surface area contributed by atoms with Gasteiger partial charge in [-0.25, -0.2) is 0 Å². The van der Waals surface area contributed by atoms with Crippen molar-refractivity contribution in [2.24, 2.45) is 4.99 Å². The standard InChI is InChI=1S/C34H38F3N7O3/c1-6-7-10-39-11-12-40-33(47)30-20(3)28(42-21(30)4)17-27-26-9-8-24(16-29(26)44-32(27)46)43-31(45)22-13-23(34(35,36)37)15-25(14-22)41-18-19(2)38-5/h8-9,13-18,39,41-42H,5-7,10-12H2,1-4H3,(H,40,47)(H,43,45)(H,44,46)/b19-18-,27-17-. The van der Waals surface area contributed by atoms with Crippen LogP contribution in [0, 0.1) is 13.8 Å². The molecular formula is C34H38F3N7O3. The number of H-pyrrole nitrogens is 1. The summed E-state index contributed by atoms with van der Waals surface area (Å²) in [5, 5.41) is 14.3. The molecule has 1 aliphatic heterocycles. The number of aryl methyl sites for hydroxylation is 1. The van der Waals surface area contributed by atoms with Crippen LogP contribution in [0.15, 0.2) is 53.3 Å². The Balaban J connectivity index is 1.52. The van der Waals surface area contributed by atoms with Crippen LogP contribution in [0.25, 0.3) is 11.6 Å². The largest absolute Gasteiger partial charge is 0.416 e. The molecule has 3 amide bonds. The molecule has 0 atom stereocenters. The Morgan fingerprint density at radius 1 is 1.02 bits per heavy atom. The van der Waals surface area contributed by atoms with E-state index in [1.54, 1.807) is 39.0 Å². The van der Waals surface area contributed by atoms with Crippen LogP contribution in [-0.4, -0.2) is 49.1 Å². The predicted molar refractivity (Wildman–Crippen MR) is 180 cm³/mol. The van der Waals surface area contributed by atoms with Gasteiger partial charge >= 0.3 is 6.18 Å². The average Bonchev–Trinajstić information content (AvgIpc) is 3.49. The van der Waals surface area contributed by atoms with Crippen molar-refractivity contribution in [3.8, 4) is 0 Å². The van der Waals surface area contributed by atoms with Crippen LogP contribution < -0.4 is 26.6 Å². The number of aromatic nitrogens is 1. The Morgan fingerprint density at radius 2 is 1.79 bits per heavy atom. The lowest BCUT2D eigenvalue weighted by molar-refractivity contribution is -0.137. The van der Waals surface area contributed by atoms with Crippen LogP contribution in [-0.2, 0) is 11.0 Å².